The molecule has 242 valence electrons. The van der Waals surface area contributed by atoms with Crippen molar-refractivity contribution in [1.82, 2.24) is 5.32 Å². The van der Waals surface area contributed by atoms with Gasteiger partial charge in [-0.1, -0.05) is 18.2 Å². The lowest BCUT2D eigenvalue weighted by molar-refractivity contribution is -0.122. The van der Waals surface area contributed by atoms with E-state index in [1.165, 1.54) is 6.07 Å². The molecule has 1 fully saturated rings. The Bertz CT molecular complexity index is 1620. The molecule has 0 aromatic heterocycles. The van der Waals surface area contributed by atoms with Gasteiger partial charge in [-0.3, -0.25) is 9.59 Å². The summed E-state index contributed by atoms with van der Waals surface area (Å²) in [6.07, 6.45) is 4.02. The molecule has 12 nitrogen and oxygen atoms in total. The Labute approximate surface area is 260 Å². The third-order valence-corrected chi connectivity index (χ3v) is 9.97. The predicted octanol–water partition coefficient (Wildman–Crippen LogP) is 3.10. The van der Waals surface area contributed by atoms with Crippen LogP contribution in [0.15, 0.2) is 30.3 Å². The van der Waals surface area contributed by atoms with Crippen molar-refractivity contribution in [3.63, 3.8) is 0 Å². The first kappa shape index (κ1) is 32.3. The minimum atomic E-state index is -3.54. The van der Waals surface area contributed by atoms with Gasteiger partial charge in [-0.15, -0.1) is 0 Å². The van der Waals surface area contributed by atoms with E-state index in [1.807, 2.05) is 0 Å². The molecule has 1 unspecified atom stereocenters. The van der Waals surface area contributed by atoms with E-state index < -0.39 is 75.3 Å². The zero-order valence-corrected chi connectivity index (χ0v) is 25.7. The summed E-state index contributed by atoms with van der Waals surface area (Å²) in [7, 11) is -3.54. The van der Waals surface area contributed by atoms with Crippen molar-refractivity contribution in [2.24, 2.45) is 0 Å². The third kappa shape index (κ3) is 7.59. The number of amides is 1. The van der Waals surface area contributed by atoms with E-state index in [4.69, 9.17) is 14.2 Å². The number of aromatic hydroxyl groups is 2. The van der Waals surface area contributed by atoms with Crippen LogP contribution < -0.4 is 14.8 Å². The lowest BCUT2D eigenvalue weighted by atomic mass is 9.84. The molecule has 0 radical (unpaired) electrons. The number of ether oxygens (including phenoxy) is 3. The highest BCUT2D eigenvalue weighted by molar-refractivity contribution is 7.91. The van der Waals surface area contributed by atoms with Gasteiger partial charge in [-0.2, -0.15) is 0 Å². The van der Waals surface area contributed by atoms with Crippen molar-refractivity contribution in [3.05, 3.63) is 52.6 Å². The molecule has 13 heteroatoms. The number of phenols is 2. The fraction of sp³-hybridized carbons (Fsp3) is 0.469. The van der Waals surface area contributed by atoms with Gasteiger partial charge >= 0.3 is 5.97 Å². The zero-order chi connectivity index (χ0) is 32.3. The van der Waals surface area contributed by atoms with Gasteiger partial charge in [-0.05, 0) is 61.9 Å². The highest BCUT2D eigenvalue weighted by Gasteiger charge is 2.38. The Balaban J connectivity index is 1.55. The summed E-state index contributed by atoms with van der Waals surface area (Å²) in [5.41, 5.74) is 0.319. The van der Waals surface area contributed by atoms with Crippen LogP contribution in [0.3, 0.4) is 0 Å². The number of rotatable bonds is 5. The van der Waals surface area contributed by atoms with E-state index in [-0.39, 0.29) is 29.3 Å². The van der Waals surface area contributed by atoms with Crippen LogP contribution in [0.1, 0.15) is 84.8 Å². The molecular weight excluding hydrogens is 606 g/mol. The SMILES string of the molecule is C[C@H]1CCCC(=O)CCCC=Cc2cc(O)c(C(CC(=O)N[C@H]3CS(=O)(=O)C[C@H]3O)c3ccc4c(c3)OCO4)c(O)c2C(=O)O1. The van der Waals surface area contributed by atoms with Crippen LogP contribution in [0, 0.1) is 0 Å². The number of sulfone groups is 1. The maximum Gasteiger partial charge on any atom is 0.342 e. The van der Waals surface area contributed by atoms with E-state index in [0.717, 1.165) is 0 Å². The van der Waals surface area contributed by atoms with Gasteiger partial charge in [-0.25, -0.2) is 13.2 Å². The number of nitrogens with one attached hydrogen (secondary N) is 1. The number of Topliss-reactive ketones (excluding diaryl/α,β-unsaturated/α-hetero) is 1. The molecule has 0 bridgehead atoms. The topological polar surface area (TPSA) is 186 Å². The number of allylic oxidation sites excluding steroid dienone is 1. The average molecular weight is 644 g/mol. The van der Waals surface area contributed by atoms with Crippen LogP contribution in [0.25, 0.3) is 6.08 Å². The first-order valence-corrected chi connectivity index (χ1v) is 16.8. The molecule has 5 rings (SSSR count). The van der Waals surface area contributed by atoms with Crippen molar-refractivity contribution in [1.29, 1.82) is 0 Å². The van der Waals surface area contributed by atoms with Crippen LogP contribution in [0.5, 0.6) is 23.0 Å². The second kappa shape index (κ2) is 13.5. The average Bonchev–Trinajstić information content (AvgIpc) is 3.53. The van der Waals surface area contributed by atoms with Crippen molar-refractivity contribution in [2.75, 3.05) is 18.3 Å². The van der Waals surface area contributed by atoms with Crippen molar-refractivity contribution in [3.8, 4) is 23.0 Å². The molecule has 2 aromatic rings. The summed E-state index contributed by atoms with van der Waals surface area (Å²) in [5.74, 6) is -3.42. The van der Waals surface area contributed by atoms with E-state index in [2.05, 4.69) is 5.32 Å². The maximum atomic E-state index is 13.5. The Morgan fingerprint density at radius 2 is 1.82 bits per heavy atom. The second-order valence-electron chi connectivity index (χ2n) is 11.8. The summed E-state index contributed by atoms with van der Waals surface area (Å²) in [6, 6.07) is 5.14. The molecule has 1 amide bonds. The Hall–Kier alpha value is -4.10. The van der Waals surface area contributed by atoms with Gasteiger partial charge in [0.2, 0.25) is 12.7 Å². The summed E-state index contributed by atoms with van der Waals surface area (Å²) in [5, 5.41) is 35.8. The quantitative estimate of drug-likeness (QED) is 0.351. The molecule has 4 N–H and O–H groups in total. The molecule has 3 aliphatic rings. The van der Waals surface area contributed by atoms with Crippen molar-refractivity contribution < 1.29 is 52.3 Å². The zero-order valence-electron chi connectivity index (χ0n) is 24.9. The number of aliphatic hydroxyl groups is 1. The summed E-state index contributed by atoms with van der Waals surface area (Å²) in [4.78, 5) is 39.0. The monoisotopic (exact) mass is 643 g/mol. The number of esters is 1. The minimum absolute atomic E-state index is 0.0160. The molecule has 3 aliphatic heterocycles. The Morgan fingerprint density at radius 3 is 2.58 bits per heavy atom. The van der Waals surface area contributed by atoms with Crippen LogP contribution in [-0.4, -0.2) is 77.9 Å². The standard InChI is InChI=1S/C32H37NO11S/c1-18-6-5-9-21(34)8-4-2-3-7-20-12-24(35)30(31(38)29(20)32(39)44-18)22(19-10-11-26-27(13-19)43-17-42-26)14-28(37)33-23-15-45(40,41)16-25(23)36/h3,7,10-13,18,22-23,25,35-36,38H,2,4-6,8-9,14-17H2,1H3,(H,33,37)/t18-,22?,23-,25+/m0/s1. The van der Waals surface area contributed by atoms with Gasteiger partial charge < -0.3 is 34.8 Å². The number of carbonyl (C=O) groups excluding carboxylic acids is 3. The molecule has 4 atom stereocenters. The van der Waals surface area contributed by atoms with E-state index in [1.54, 1.807) is 37.3 Å². The third-order valence-electron chi connectivity index (χ3n) is 8.26. The largest absolute Gasteiger partial charge is 0.507 e. The number of cyclic esters (lactones) is 1. The number of carbonyl (C=O) groups is 3. The lowest BCUT2D eigenvalue weighted by Gasteiger charge is -2.24. The maximum absolute atomic E-state index is 13.5. The smallest absolute Gasteiger partial charge is 0.342 e. The summed E-state index contributed by atoms with van der Waals surface area (Å²) < 4.78 is 40.6. The number of fused-ring (bicyclic) bond motifs is 2. The van der Waals surface area contributed by atoms with Gasteiger partial charge in [0.15, 0.2) is 21.3 Å². The Morgan fingerprint density at radius 1 is 1.07 bits per heavy atom. The molecule has 0 spiro atoms. The normalized spacial score (nSPS) is 23.9. The molecule has 2 aromatic carbocycles. The minimum Gasteiger partial charge on any atom is -0.507 e. The summed E-state index contributed by atoms with van der Waals surface area (Å²) in [6.45, 7) is 1.68. The fourth-order valence-corrected chi connectivity index (χ4v) is 7.69. The molecule has 1 saturated heterocycles. The predicted molar refractivity (Wildman–Crippen MR) is 162 cm³/mol. The number of phenolic OH excluding ortho intramolecular Hbond substituents is 2. The number of hydrogen-bond acceptors (Lipinski definition) is 11. The summed E-state index contributed by atoms with van der Waals surface area (Å²) >= 11 is 0. The van der Waals surface area contributed by atoms with E-state index in [0.29, 0.717) is 55.6 Å². The highest BCUT2D eigenvalue weighted by Crippen LogP contribution is 2.46. The molecule has 45 heavy (non-hydrogen) atoms. The van der Waals surface area contributed by atoms with Gasteiger partial charge in [0.05, 0.1) is 29.8 Å². The number of ketones is 1. The first-order valence-electron chi connectivity index (χ1n) is 15.0. The molecule has 3 heterocycles. The van der Waals surface area contributed by atoms with Gasteiger partial charge in [0, 0.05) is 30.7 Å². The second-order valence-corrected chi connectivity index (χ2v) is 13.9. The van der Waals surface area contributed by atoms with Gasteiger partial charge in [0.25, 0.3) is 0 Å². The van der Waals surface area contributed by atoms with Crippen LogP contribution in [0.4, 0.5) is 0 Å². The lowest BCUT2D eigenvalue weighted by Crippen LogP contribution is -2.43. The van der Waals surface area contributed by atoms with Crippen LogP contribution >= 0.6 is 0 Å². The first-order chi connectivity index (χ1) is 21.4. The van der Waals surface area contributed by atoms with Crippen molar-refractivity contribution in [2.45, 2.75) is 76.0 Å². The number of aliphatic hydroxyl groups excluding tert-OH is 1. The molecular formula is C32H37NO11S. The van der Waals surface area contributed by atoms with Crippen LogP contribution in [-0.2, 0) is 24.2 Å². The van der Waals surface area contributed by atoms with Crippen LogP contribution in [0.2, 0.25) is 0 Å². The fourth-order valence-electron chi connectivity index (χ4n) is 5.95. The van der Waals surface area contributed by atoms with E-state index in [9.17, 15) is 38.1 Å². The molecule has 0 saturated carbocycles. The van der Waals surface area contributed by atoms with E-state index >= 15 is 0 Å². The number of benzene rings is 2. The van der Waals surface area contributed by atoms with Crippen molar-refractivity contribution >= 4 is 33.6 Å². The Kier molecular flexibility index (Phi) is 9.68. The molecule has 0 aliphatic carbocycles. The van der Waals surface area contributed by atoms with Gasteiger partial charge in [0.1, 0.15) is 22.8 Å². The highest BCUT2D eigenvalue weighted by atomic mass is 32.2. The number of hydrogen-bond donors (Lipinski definition) is 4.